The Balaban J connectivity index is 1.99. The van der Waals surface area contributed by atoms with Gasteiger partial charge in [-0.15, -0.1) is 0 Å². The van der Waals surface area contributed by atoms with E-state index >= 15 is 0 Å². The monoisotopic (exact) mass is 356 g/mol. The number of ether oxygens (including phenoxy) is 1. The van der Waals surface area contributed by atoms with Crippen LogP contribution in [0.5, 0.6) is 5.75 Å². The van der Waals surface area contributed by atoms with Crippen molar-refractivity contribution in [3.63, 3.8) is 0 Å². The number of rotatable bonds is 7. The van der Waals surface area contributed by atoms with Crippen LogP contribution in [0, 0.1) is 17.0 Å². The minimum Gasteiger partial charge on any atom is -0.495 e. The Labute approximate surface area is 151 Å². The summed E-state index contributed by atoms with van der Waals surface area (Å²) in [6.07, 6.45) is 0. The van der Waals surface area contributed by atoms with Crippen LogP contribution >= 0.6 is 0 Å². The molecule has 0 aromatic heterocycles. The van der Waals surface area contributed by atoms with Gasteiger partial charge in [0.1, 0.15) is 5.75 Å². The standard InChI is InChI=1S/C18H20N4O4/c1-12-8-9-14(10-16(12)22(24)25)13(2)20-21-18(23)11-19-15-6-4-5-7-17(15)26-3/h4-10,19H,11H2,1-3H3,(H,21,23)/b20-13+. The van der Waals surface area contributed by atoms with Gasteiger partial charge >= 0.3 is 0 Å². The summed E-state index contributed by atoms with van der Waals surface area (Å²) in [7, 11) is 1.55. The van der Waals surface area contributed by atoms with Crippen molar-refractivity contribution in [1.82, 2.24) is 5.43 Å². The van der Waals surface area contributed by atoms with E-state index in [0.29, 0.717) is 28.3 Å². The number of para-hydroxylation sites is 2. The van der Waals surface area contributed by atoms with E-state index in [9.17, 15) is 14.9 Å². The molecule has 2 aromatic carbocycles. The van der Waals surface area contributed by atoms with Gasteiger partial charge in [-0.3, -0.25) is 14.9 Å². The van der Waals surface area contributed by atoms with E-state index in [1.54, 1.807) is 45.2 Å². The normalized spacial score (nSPS) is 11.0. The molecule has 0 saturated heterocycles. The molecule has 8 heteroatoms. The quantitative estimate of drug-likeness (QED) is 0.451. The first-order chi connectivity index (χ1) is 12.4. The van der Waals surface area contributed by atoms with Crippen molar-refractivity contribution in [2.75, 3.05) is 19.0 Å². The number of hydrogen-bond donors (Lipinski definition) is 2. The number of amides is 1. The Morgan fingerprint density at radius 1 is 1.27 bits per heavy atom. The van der Waals surface area contributed by atoms with Crippen LogP contribution in [0.3, 0.4) is 0 Å². The number of nitrogens with zero attached hydrogens (tertiary/aromatic N) is 2. The predicted molar refractivity (Wildman–Crippen MR) is 99.7 cm³/mol. The van der Waals surface area contributed by atoms with Crippen LogP contribution in [0.4, 0.5) is 11.4 Å². The highest BCUT2D eigenvalue weighted by atomic mass is 16.6. The van der Waals surface area contributed by atoms with Gasteiger partial charge in [-0.1, -0.05) is 24.3 Å². The van der Waals surface area contributed by atoms with Gasteiger partial charge in [-0.2, -0.15) is 5.10 Å². The van der Waals surface area contributed by atoms with Gasteiger partial charge in [0.25, 0.3) is 11.6 Å². The van der Waals surface area contributed by atoms with E-state index in [1.165, 1.54) is 6.07 Å². The Bertz CT molecular complexity index is 849. The fourth-order valence-corrected chi connectivity index (χ4v) is 2.25. The maximum Gasteiger partial charge on any atom is 0.272 e. The highest BCUT2D eigenvalue weighted by Crippen LogP contribution is 2.22. The fourth-order valence-electron chi connectivity index (χ4n) is 2.25. The van der Waals surface area contributed by atoms with Gasteiger partial charge in [0, 0.05) is 17.2 Å². The number of nitro groups is 1. The average molecular weight is 356 g/mol. The van der Waals surface area contributed by atoms with Gasteiger partial charge in [-0.25, -0.2) is 5.43 Å². The minimum absolute atomic E-state index is 0.00516. The Morgan fingerprint density at radius 3 is 2.69 bits per heavy atom. The molecule has 2 rings (SSSR count). The summed E-state index contributed by atoms with van der Waals surface area (Å²) >= 11 is 0. The van der Waals surface area contributed by atoms with Crippen molar-refractivity contribution in [3.8, 4) is 5.75 Å². The van der Waals surface area contributed by atoms with Gasteiger partial charge in [0.2, 0.25) is 0 Å². The second-order valence-electron chi connectivity index (χ2n) is 5.54. The molecule has 2 aromatic rings. The van der Waals surface area contributed by atoms with Crippen molar-refractivity contribution in [2.24, 2.45) is 5.10 Å². The van der Waals surface area contributed by atoms with Crippen LogP contribution in [0.15, 0.2) is 47.6 Å². The molecule has 136 valence electrons. The number of nitrogens with one attached hydrogen (secondary N) is 2. The minimum atomic E-state index is -0.443. The molecule has 0 heterocycles. The lowest BCUT2D eigenvalue weighted by atomic mass is 10.1. The molecule has 1 amide bonds. The predicted octanol–water partition coefficient (Wildman–Crippen LogP) is 2.86. The van der Waals surface area contributed by atoms with Crippen molar-refractivity contribution in [2.45, 2.75) is 13.8 Å². The molecule has 0 saturated carbocycles. The lowest BCUT2D eigenvalue weighted by molar-refractivity contribution is -0.385. The zero-order chi connectivity index (χ0) is 19.1. The van der Waals surface area contributed by atoms with Crippen molar-refractivity contribution in [3.05, 3.63) is 63.7 Å². The van der Waals surface area contributed by atoms with E-state index in [4.69, 9.17) is 4.74 Å². The molecule has 8 nitrogen and oxygen atoms in total. The molecule has 0 aliphatic carbocycles. The Hall–Kier alpha value is -3.42. The third-order valence-corrected chi connectivity index (χ3v) is 3.72. The molecular weight excluding hydrogens is 336 g/mol. The van der Waals surface area contributed by atoms with Crippen LogP contribution in [0.1, 0.15) is 18.1 Å². The Morgan fingerprint density at radius 2 is 2.00 bits per heavy atom. The second kappa shape index (κ2) is 8.61. The van der Waals surface area contributed by atoms with Gasteiger partial charge in [0.15, 0.2) is 0 Å². The molecule has 0 unspecified atom stereocenters. The zero-order valence-corrected chi connectivity index (χ0v) is 14.8. The molecule has 0 bridgehead atoms. The van der Waals surface area contributed by atoms with E-state index in [0.717, 1.165) is 0 Å². The molecule has 2 N–H and O–H groups in total. The van der Waals surface area contributed by atoms with Crippen LogP contribution < -0.4 is 15.5 Å². The van der Waals surface area contributed by atoms with Crippen LogP contribution in [-0.2, 0) is 4.79 Å². The fraction of sp³-hybridized carbons (Fsp3) is 0.222. The number of nitro benzene ring substituents is 1. The third-order valence-electron chi connectivity index (χ3n) is 3.72. The molecule has 0 spiro atoms. The lowest BCUT2D eigenvalue weighted by Crippen LogP contribution is -2.26. The van der Waals surface area contributed by atoms with Crippen molar-refractivity contribution < 1.29 is 14.5 Å². The molecule has 0 radical (unpaired) electrons. The number of anilines is 1. The SMILES string of the molecule is COc1ccccc1NCC(=O)N/N=C(\C)c1ccc(C)c([N+](=O)[O-])c1. The number of hydrazone groups is 1. The highest BCUT2D eigenvalue weighted by Gasteiger charge is 2.12. The van der Waals surface area contributed by atoms with Gasteiger partial charge < -0.3 is 10.1 Å². The zero-order valence-electron chi connectivity index (χ0n) is 14.8. The van der Waals surface area contributed by atoms with Crippen molar-refractivity contribution in [1.29, 1.82) is 0 Å². The number of carbonyl (C=O) groups is 1. The number of hydrogen-bond acceptors (Lipinski definition) is 6. The summed E-state index contributed by atoms with van der Waals surface area (Å²) < 4.78 is 5.20. The van der Waals surface area contributed by atoms with Crippen LogP contribution in [0.25, 0.3) is 0 Å². The summed E-state index contributed by atoms with van der Waals surface area (Å²) in [5.74, 6) is 0.281. The van der Waals surface area contributed by atoms with E-state index in [-0.39, 0.29) is 18.1 Å². The number of aryl methyl sites for hydroxylation is 1. The van der Waals surface area contributed by atoms with E-state index in [1.807, 2.05) is 12.1 Å². The maximum atomic E-state index is 12.0. The van der Waals surface area contributed by atoms with Gasteiger partial charge in [-0.05, 0) is 26.0 Å². The largest absolute Gasteiger partial charge is 0.495 e. The number of methoxy groups -OCH3 is 1. The van der Waals surface area contributed by atoms with Crippen LogP contribution in [0.2, 0.25) is 0 Å². The van der Waals surface area contributed by atoms with E-state index < -0.39 is 4.92 Å². The summed E-state index contributed by atoms with van der Waals surface area (Å²) in [6.45, 7) is 3.34. The topological polar surface area (TPSA) is 106 Å². The summed E-state index contributed by atoms with van der Waals surface area (Å²) in [5, 5.41) is 18.0. The number of benzene rings is 2. The molecule has 0 aliphatic heterocycles. The molecule has 0 atom stereocenters. The third kappa shape index (κ3) is 4.79. The first kappa shape index (κ1) is 18.9. The van der Waals surface area contributed by atoms with Crippen molar-refractivity contribution >= 4 is 23.0 Å². The summed E-state index contributed by atoms with van der Waals surface area (Å²) in [4.78, 5) is 22.5. The second-order valence-corrected chi connectivity index (χ2v) is 5.54. The first-order valence-corrected chi connectivity index (χ1v) is 7.87. The van der Waals surface area contributed by atoms with Gasteiger partial charge in [0.05, 0.1) is 30.0 Å². The highest BCUT2D eigenvalue weighted by molar-refractivity contribution is 6.00. The number of carbonyl (C=O) groups excluding carboxylic acids is 1. The molecule has 0 fully saturated rings. The lowest BCUT2D eigenvalue weighted by Gasteiger charge is -2.10. The Kier molecular flexibility index (Phi) is 6.26. The summed E-state index contributed by atoms with van der Waals surface area (Å²) in [5.41, 5.74) is 4.74. The average Bonchev–Trinajstić information content (AvgIpc) is 2.64. The summed E-state index contributed by atoms with van der Waals surface area (Å²) in [6, 6.07) is 12.1. The van der Waals surface area contributed by atoms with E-state index in [2.05, 4.69) is 15.8 Å². The molecule has 26 heavy (non-hydrogen) atoms. The molecule has 0 aliphatic rings. The van der Waals surface area contributed by atoms with Crippen LogP contribution in [-0.4, -0.2) is 30.2 Å². The smallest absolute Gasteiger partial charge is 0.272 e. The maximum absolute atomic E-state index is 12.0. The first-order valence-electron chi connectivity index (χ1n) is 7.87. The molecular formula is C18H20N4O4.